The van der Waals surface area contributed by atoms with E-state index in [2.05, 4.69) is 108 Å². The van der Waals surface area contributed by atoms with Crippen LogP contribution in [0.15, 0.2) is 95.2 Å². The molecule has 0 spiro atoms. The lowest BCUT2D eigenvalue weighted by molar-refractivity contribution is 0.214. The summed E-state index contributed by atoms with van der Waals surface area (Å²) in [7, 11) is 0. The Morgan fingerprint density at radius 1 is 0.941 bits per heavy atom. The summed E-state index contributed by atoms with van der Waals surface area (Å²) in [6.07, 6.45) is 4.68. The van der Waals surface area contributed by atoms with Gasteiger partial charge in [0, 0.05) is 47.3 Å². The predicted octanol–water partition coefficient (Wildman–Crippen LogP) is 8.80. The highest BCUT2D eigenvalue weighted by Gasteiger charge is 2.24. The molecule has 0 saturated carbocycles. The van der Waals surface area contributed by atoms with E-state index in [9.17, 15) is 8.78 Å². The van der Waals surface area contributed by atoms with Crippen molar-refractivity contribution in [1.29, 1.82) is 0 Å². The van der Waals surface area contributed by atoms with Gasteiger partial charge in [-0.25, -0.2) is 18.8 Å². The van der Waals surface area contributed by atoms with Gasteiger partial charge in [-0.2, -0.15) is 5.10 Å². The van der Waals surface area contributed by atoms with E-state index < -0.39 is 11.6 Å². The number of hydrogen-bond donors (Lipinski definition) is 2. The smallest absolute Gasteiger partial charge is 0.155 e. The fourth-order valence-corrected chi connectivity index (χ4v) is 7.02. The number of likely N-dealkylation sites (tertiary alicyclic amines) is 1. The average Bonchev–Trinajstić information content (AvgIpc) is 3.79. The molecule has 0 radical (unpaired) electrons. The van der Waals surface area contributed by atoms with Gasteiger partial charge in [0.05, 0.1) is 18.0 Å². The van der Waals surface area contributed by atoms with Crippen molar-refractivity contribution in [1.82, 2.24) is 25.4 Å². The molecule has 5 aromatic rings. The maximum absolute atomic E-state index is 13.6. The van der Waals surface area contributed by atoms with Crippen LogP contribution < -0.4 is 5.32 Å². The standard InChI is InChI=1S/C42H45F2N7/c1-26-18-32(10-11-33(26)23-45-27(2)38-25-47-41(48-38)42(3,4)5)39-37-21-34(24-46-40(37)50-49-39)30-8-6-29(7-9-30)31-13-16-51(17-14-31)15-12-28-19-35(43)22-36(44)20-28/h6-11,18-22,24,31,45H,2,12-17,23,25H2,1,3-5H3,(H,46,49,50). The molecule has 0 bridgehead atoms. The number of aliphatic imine (C=N–C) groups is 2. The largest absolute Gasteiger partial charge is 0.380 e. The molecular formula is C42H45F2N7. The topological polar surface area (TPSA) is 81.6 Å². The second-order valence-corrected chi connectivity index (χ2v) is 14.9. The Kier molecular flexibility index (Phi) is 9.66. The van der Waals surface area contributed by atoms with Crippen molar-refractivity contribution in [3.8, 4) is 22.4 Å². The van der Waals surface area contributed by atoms with Crippen LogP contribution >= 0.6 is 0 Å². The van der Waals surface area contributed by atoms with Crippen LogP contribution in [0.5, 0.6) is 0 Å². The molecule has 51 heavy (non-hydrogen) atoms. The summed E-state index contributed by atoms with van der Waals surface area (Å²) >= 11 is 0. The molecule has 1 fully saturated rings. The van der Waals surface area contributed by atoms with E-state index in [1.807, 2.05) is 6.20 Å². The van der Waals surface area contributed by atoms with Crippen LogP contribution in [0.2, 0.25) is 0 Å². The molecule has 0 aliphatic carbocycles. The van der Waals surface area contributed by atoms with E-state index in [0.717, 1.165) is 94.8 Å². The summed E-state index contributed by atoms with van der Waals surface area (Å²) in [6.45, 7) is 16.7. The first-order chi connectivity index (χ1) is 24.5. The quantitative estimate of drug-likeness (QED) is 0.154. The van der Waals surface area contributed by atoms with Gasteiger partial charge in [-0.1, -0.05) is 63.7 Å². The molecule has 7 rings (SSSR count). The number of pyridine rings is 1. The van der Waals surface area contributed by atoms with Gasteiger partial charge in [-0.15, -0.1) is 0 Å². The molecule has 7 nitrogen and oxygen atoms in total. The molecule has 0 unspecified atom stereocenters. The molecule has 3 aromatic carbocycles. The summed E-state index contributed by atoms with van der Waals surface area (Å²) in [6, 6.07) is 21.3. The van der Waals surface area contributed by atoms with Gasteiger partial charge in [-0.3, -0.25) is 10.1 Å². The van der Waals surface area contributed by atoms with Crippen LogP contribution in [0, 0.1) is 24.0 Å². The normalized spacial score (nSPS) is 15.6. The molecule has 2 aliphatic rings. The number of aromatic amines is 1. The number of H-pyrrole nitrogens is 1. The lowest BCUT2D eigenvalue weighted by Crippen LogP contribution is -2.34. The Labute approximate surface area is 298 Å². The van der Waals surface area contributed by atoms with E-state index >= 15 is 0 Å². The van der Waals surface area contributed by atoms with Crippen LogP contribution in [0.25, 0.3) is 33.4 Å². The SMILES string of the molecule is C=C(NCc1ccc(-c2n[nH]c3ncc(-c4ccc(C5CCN(CCc6cc(F)cc(F)c6)CC5)cc4)cc23)cc1C)C1=NC(C(C)(C)C)=NC1. The van der Waals surface area contributed by atoms with Crippen LogP contribution in [0.4, 0.5) is 8.78 Å². The predicted molar refractivity (Wildman–Crippen MR) is 203 cm³/mol. The second-order valence-electron chi connectivity index (χ2n) is 14.9. The fourth-order valence-electron chi connectivity index (χ4n) is 7.02. The van der Waals surface area contributed by atoms with E-state index in [4.69, 9.17) is 9.98 Å². The van der Waals surface area contributed by atoms with Crippen molar-refractivity contribution >= 4 is 22.6 Å². The van der Waals surface area contributed by atoms with Gasteiger partial charge in [0.2, 0.25) is 0 Å². The maximum Gasteiger partial charge on any atom is 0.155 e. The molecule has 4 heterocycles. The minimum Gasteiger partial charge on any atom is -0.380 e. The lowest BCUT2D eigenvalue weighted by atomic mass is 9.88. The van der Waals surface area contributed by atoms with Gasteiger partial charge in [0.25, 0.3) is 0 Å². The van der Waals surface area contributed by atoms with Crippen LogP contribution in [0.1, 0.15) is 61.8 Å². The number of fused-ring (bicyclic) bond motifs is 1. The number of aromatic nitrogens is 3. The monoisotopic (exact) mass is 685 g/mol. The van der Waals surface area contributed by atoms with Crippen molar-refractivity contribution in [3.63, 3.8) is 0 Å². The molecule has 2 N–H and O–H groups in total. The van der Waals surface area contributed by atoms with E-state index in [1.165, 1.54) is 23.3 Å². The number of rotatable bonds is 10. The highest BCUT2D eigenvalue weighted by molar-refractivity contribution is 6.12. The molecule has 0 amide bonds. The first-order valence-corrected chi connectivity index (χ1v) is 17.8. The number of aryl methyl sites for hydroxylation is 1. The molecule has 9 heteroatoms. The van der Waals surface area contributed by atoms with Crippen molar-refractivity contribution in [2.24, 2.45) is 15.4 Å². The van der Waals surface area contributed by atoms with Crippen molar-refractivity contribution in [2.45, 2.75) is 59.4 Å². The summed E-state index contributed by atoms with van der Waals surface area (Å²) in [5.41, 5.74) is 10.9. The Balaban J connectivity index is 0.975. The van der Waals surface area contributed by atoms with Crippen molar-refractivity contribution in [3.05, 3.63) is 119 Å². The number of nitrogens with one attached hydrogen (secondary N) is 2. The van der Waals surface area contributed by atoms with Crippen LogP contribution in [-0.2, 0) is 13.0 Å². The minimum atomic E-state index is -0.512. The molecule has 0 atom stereocenters. The average molecular weight is 686 g/mol. The van der Waals surface area contributed by atoms with Gasteiger partial charge < -0.3 is 10.2 Å². The maximum atomic E-state index is 13.6. The zero-order valence-corrected chi connectivity index (χ0v) is 29.9. The first kappa shape index (κ1) is 34.4. The summed E-state index contributed by atoms with van der Waals surface area (Å²) in [5.74, 6) is 0.338. The fraction of sp³-hybridized carbons (Fsp3) is 0.333. The lowest BCUT2D eigenvalue weighted by Gasteiger charge is -2.32. The Hall–Kier alpha value is -5.02. The Bertz CT molecular complexity index is 2110. The van der Waals surface area contributed by atoms with Gasteiger partial charge >= 0.3 is 0 Å². The number of benzene rings is 3. The summed E-state index contributed by atoms with van der Waals surface area (Å²) in [4.78, 5) is 16.4. The first-order valence-electron chi connectivity index (χ1n) is 17.8. The zero-order valence-electron chi connectivity index (χ0n) is 29.9. The van der Waals surface area contributed by atoms with Gasteiger partial charge in [0.15, 0.2) is 5.65 Å². The molecule has 1 saturated heterocycles. The molecule has 2 aromatic heterocycles. The van der Waals surface area contributed by atoms with E-state index in [-0.39, 0.29) is 5.41 Å². The Morgan fingerprint density at radius 3 is 2.35 bits per heavy atom. The van der Waals surface area contributed by atoms with Crippen LogP contribution in [0.3, 0.4) is 0 Å². The molecule has 262 valence electrons. The summed E-state index contributed by atoms with van der Waals surface area (Å²) < 4.78 is 27.1. The summed E-state index contributed by atoms with van der Waals surface area (Å²) in [5, 5.41) is 12.2. The Morgan fingerprint density at radius 2 is 1.67 bits per heavy atom. The molecule has 2 aliphatic heterocycles. The third-order valence-electron chi connectivity index (χ3n) is 10.1. The number of hydrogen-bond acceptors (Lipinski definition) is 6. The third-order valence-corrected chi connectivity index (χ3v) is 10.1. The van der Waals surface area contributed by atoms with Crippen LogP contribution in [-0.4, -0.2) is 57.8 Å². The highest BCUT2D eigenvalue weighted by atomic mass is 19.1. The third kappa shape index (κ3) is 7.84. The number of halogens is 2. The van der Waals surface area contributed by atoms with E-state index in [0.29, 0.717) is 31.0 Å². The van der Waals surface area contributed by atoms with E-state index in [1.54, 1.807) is 0 Å². The van der Waals surface area contributed by atoms with Gasteiger partial charge in [-0.05, 0) is 97.3 Å². The zero-order chi connectivity index (χ0) is 35.7. The van der Waals surface area contributed by atoms with Crippen molar-refractivity contribution in [2.75, 3.05) is 26.2 Å². The number of amidine groups is 1. The minimum absolute atomic E-state index is 0.0777. The van der Waals surface area contributed by atoms with Crippen molar-refractivity contribution < 1.29 is 8.78 Å². The van der Waals surface area contributed by atoms with Gasteiger partial charge in [0.1, 0.15) is 23.2 Å². The second kappa shape index (κ2) is 14.3. The number of nitrogens with zero attached hydrogens (tertiary/aromatic N) is 5. The highest BCUT2D eigenvalue weighted by Crippen LogP contribution is 2.33. The number of piperidine rings is 1. The molecular weight excluding hydrogens is 641 g/mol.